The summed E-state index contributed by atoms with van der Waals surface area (Å²) in [6.07, 6.45) is -3.32. The molecule has 0 aliphatic rings. The van der Waals surface area contributed by atoms with Gasteiger partial charge in [0.1, 0.15) is 17.1 Å². The van der Waals surface area contributed by atoms with Crippen molar-refractivity contribution in [1.82, 2.24) is 10.3 Å². The number of nitrogens with zero attached hydrogens (tertiary/aromatic N) is 1. The number of amides is 3. The number of rotatable bonds is 5. The topological polar surface area (TPSA) is 89.5 Å². The molecule has 3 rings (SSSR count). The number of carbonyl (C=O) groups excluding carboxylic acids is 2. The standard InChI is InChI=1S/C21H14Cl2F3N3O4/c1-32-16-4-2-3-13(22)18(16)19(30)29-20(31)28-12-6-8-17(27-10-12)33-15-7-5-11(9-14(15)23)21(24,25)26/h2-10H,1H3,(H2,28,29,30,31). The maximum atomic E-state index is 12.7. The fraction of sp³-hybridized carbons (Fsp3) is 0.0952. The fourth-order valence-electron chi connectivity index (χ4n) is 2.61. The number of benzene rings is 2. The van der Waals surface area contributed by atoms with E-state index in [9.17, 15) is 22.8 Å². The molecule has 1 heterocycles. The number of carbonyl (C=O) groups is 2. The molecule has 3 aromatic rings. The third-order valence-corrected chi connectivity index (χ3v) is 4.73. The molecule has 2 aromatic carbocycles. The average Bonchev–Trinajstić information content (AvgIpc) is 2.75. The van der Waals surface area contributed by atoms with E-state index in [1.165, 1.54) is 37.6 Å². The van der Waals surface area contributed by atoms with Gasteiger partial charge < -0.3 is 14.8 Å². The number of anilines is 1. The first-order chi connectivity index (χ1) is 15.6. The molecule has 7 nitrogen and oxygen atoms in total. The molecule has 3 amide bonds. The maximum Gasteiger partial charge on any atom is 0.416 e. The Labute approximate surface area is 195 Å². The zero-order valence-corrected chi connectivity index (χ0v) is 18.2. The van der Waals surface area contributed by atoms with Crippen LogP contribution in [0, 0.1) is 0 Å². The van der Waals surface area contributed by atoms with Crippen LogP contribution in [0.25, 0.3) is 0 Å². The molecule has 0 bridgehead atoms. The number of nitrogens with one attached hydrogen (secondary N) is 2. The minimum atomic E-state index is -4.54. The lowest BCUT2D eigenvalue weighted by molar-refractivity contribution is -0.137. The summed E-state index contributed by atoms with van der Waals surface area (Å²) in [5.74, 6) is -0.605. The van der Waals surface area contributed by atoms with Gasteiger partial charge in [-0.3, -0.25) is 10.1 Å². The minimum absolute atomic E-state index is 0.00731. The van der Waals surface area contributed by atoms with E-state index >= 15 is 0 Å². The lowest BCUT2D eigenvalue weighted by atomic mass is 10.2. The number of pyridine rings is 1. The van der Waals surface area contributed by atoms with Gasteiger partial charge in [0.15, 0.2) is 0 Å². The molecule has 1 aromatic heterocycles. The van der Waals surface area contributed by atoms with Crippen molar-refractivity contribution in [2.75, 3.05) is 12.4 Å². The smallest absolute Gasteiger partial charge is 0.416 e. The Kier molecular flexibility index (Phi) is 7.29. The zero-order chi connectivity index (χ0) is 24.2. The van der Waals surface area contributed by atoms with E-state index in [1.807, 2.05) is 0 Å². The quantitative estimate of drug-likeness (QED) is 0.438. The second-order valence-corrected chi connectivity index (χ2v) is 7.17. The van der Waals surface area contributed by atoms with Gasteiger partial charge in [0.05, 0.1) is 34.6 Å². The summed E-state index contributed by atoms with van der Waals surface area (Å²) in [4.78, 5) is 28.5. The van der Waals surface area contributed by atoms with Gasteiger partial charge in [-0.25, -0.2) is 9.78 Å². The molecule has 33 heavy (non-hydrogen) atoms. The molecule has 0 atom stereocenters. The number of aromatic nitrogens is 1. The average molecular weight is 500 g/mol. The lowest BCUT2D eigenvalue weighted by Crippen LogP contribution is -2.34. The van der Waals surface area contributed by atoms with E-state index in [4.69, 9.17) is 32.7 Å². The van der Waals surface area contributed by atoms with Crippen LogP contribution in [0.4, 0.5) is 23.7 Å². The maximum absolute atomic E-state index is 12.7. The van der Waals surface area contributed by atoms with E-state index in [0.29, 0.717) is 0 Å². The van der Waals surface area contributed by atoms with Crippen LogP contribution in [0.15, 0.2) is 54.7 Å². The van der Waals surface area contributed by atoms with Crippen LogP contribution in [0.5, 0.6) is 17.4 Å². The summed E-state index contributed by atoms with van der Waals surface area (Å²) >= 11 is 11.9. The Morgan fingerprint density at radius 2 is 1.76 bits per heavy atom. The monoisotopic (exact) mass is 499 g/mol. The van der Waals surface area contributed by atoms with E-state index in [-0.39, 0.29) is 38.7 Å². The van der Waals surface area contributed by atoms with Crippen molar-refractivity contribution in [1.29, 1.82) is 0 Å². The Balaban J connectivity index is 1.63. The Morgan fingerprint density at radius 1 is 1.00 bits per heavy atom. The van der Waals surface area contributed by atoms with Gasteiger partial charge in [-0.2, -0.15) is 13.2 Å². The molecule has 0 fully saturated rings. The molecule has 172 valence electrons. The molecule has 0 saturated carbocycles. The first-order valence-corrected chi connectivity index (χ1v) is 9.79. The second-order valence-electron chi connectivity index (χ2n) is 6.36. The van der Waals surface area contributed by atoms with Crippen LogP contribution >= 0.6 is 23.2 Å². The highest BCUT2D eigenvalue weighted by Gasteiger charge is 2.31. The third-order valence-electron chi connectivity index (χ3n) is 4.12. The van der Waals surface area contributed by atoms with E-state index in [0.717, 1.165) is 18.2 Å². The van der Waals surface area contributed by atoms with Crippen LogP contribution in [0.3, 0.4) is 0 Å². The highest BCUT2D eigenvalue weighted by atomic mass is 35.5. The van der Waals surface area contributed by atoms with Gasteiger partial charge in [0, 0.05) is 6.07 Å². The van der Waals surface area contributed by atoms with Crippen molar-refractivity contribution >= 4 is 40.8 Å². The van der Waals surface area contributed by atoms with Crippen molar-refractivity contribution < 1.29 is 32.2 Å². The van der Waals surface area contributed by atoms with Gasteiger partial charge in [0.2, 0.25) is 5.88 Å². The fourth-order valence-corrected chi connectivity index (χ4v) is 3.08. The van der Waals surface area contributed by atoms with Gasteiger partial charge in [-0.15, -0.1) is 0 Å². The Morgan fingerprint density at radius 3 is 2.36 bits per heavy atom. The molecule has 0 unspecified atom stereocenters. The van der Waals surface area contributed by atoms with Crippen LogP contribution in [-0.4, -0.2) is 24.0 Å². The summed E-state index contributed by atoms with van der Waals surface area (Å²) in [6.45, 7) is 0. The largest absolute Gasteiger partial charge is 0.496 e. The van der Waals surface area contributed by atoms with E-state index in [1.54, 1.807) is 6.07 Å². The number of methoxy groups -OCH3 is 1. The van der Waals surface area contributed by atoms with Crippen molar-refractivity contribution in [3.05, 3.63) is 75.9 Å². The van der Waals surface area contributed by atoms with Crippen LogP contribution in [0.2, 0.25) is 10.0 Å². The number of halogens is 5. The molecule has 2 N–H and O–H groups in total. The van der Waals surface area contributed by atoms with Gasteiger partial charge in [-0.1, -0.05) is 29.3 Å². The lowest BCUT2D eigenvalue weighted by Gasteiger charge is -2.12. The first-order valence-electron chi connectivity index (χ1n) is 9.04. The van der Waals surface area contributed by atoms with Gasteiger partial charge in [0.25, 0.3) is 5.91 Å². The highest BCUT2D eigenvalue weighted by Crippen LogP contribution is 2.36. The number of ether oxygens (including phenoxy) is 2. The van der Waals surface area contributed by atoms with Crippen LogP contribution in [0.1, 0.15) is 15.9 Å². The molecule has 12 heteroatoms. The second kappa shape index (κ2) is 9.97. The van der Waals surface area contributed by atoms with Crippen LogP contribution < -0.4 is 20.1 Å². The van der Waals surface area contributed by atoms with Gasteiger partial charge >= 0.3 is 12.2 Å². The summed E-state index contributed by atoms with van der Waals surface area (Å²) in [5.41, 5.74) is -0.716. The summed E-state index contributed by atoms with van der Waals surface area (Å²) in [5, 5.41) is 4.37. The normalized spacial score (nSPS) is 11.0. The van der Waals surface area contributed by atoms with Crippen molar-refractivity contribution in [3.63, 3.8) is 0 Å². The minimum Gasteiger partial charge on any atom is -0.496 e. The third kappa shape index (κ3) is 6.05. The highest BCUT2D eigenvalue weighted by molar-refractivity contribution is 6.34. The van der Waals surface area contributed by atoms with Crippen molar-refractivity contribution in [3.8, 4) is 17.4 Å². The molecular formula is C21H14Cl2F3N3O4. The number of urea groups is 1. The number of alkyl halides is 3. The molecule has 0 radical (unpaired) electrons. The van der Waals surface area contributed by atoms with E-state index < -0.39 is 23.7 Å². The van der Waals surface area contributed by atoms with Crippen molar-refractivity contribution in [2.24, 2.45) is 0 Å². The number of hydrogen-bond acceptors (Lipinski definition) is 5. The van der Waals surface area contributed by atoms with Crippen LogP contribution in [-0.2, 0) is 6.18 Å². The molecule has 0 aliphatic heterocycles. The molecule has 0 spiro atoms. The summed E-state index contributed by atoms with van der Waals surface area (Å²) in [7, 11) is 1.36. The molecule has 0 saturated heterocycles. The number of hydrogen-bond donors (Lipinski definition) is 2. The number of imide groups is 1. The van der Waals surface area contributed by atoms with Crippen molar-refractivity contribution in [2.45, 2.75) is 6.18 Å². The predicted octanol–water partition coefficient (Wildman–Crippen LogP) is 6.17. The SMILES string of the molecule is COc1cccc(Cl)c1C(=O)NC(=O)Nc1ccc(Oc2ccc(C(F)(F)F)cc2Cl)nc1. The molecular weight excluding hydrogens is 486 g/mol. The summed E-state index contributed by atoms with van der Waals surface area (Å²) in [6, 6.07) is 9.11. The summed E-state index contributed by atoms with van der Waals surface area (Å²) < 4.78 is 48.6. The zero-order valence-electron chi connectivity index (χ0n) is 16.7. The Bertz CT molecular complexity index is 1190. The molecule has 0 aliphatic carbocycles. The predicted molar refractivity (Wildman–Crippen MR) is 115 cm³/mol. The van der Waals surface area contributed by atoms with Gasteiger partial charge in [-0.05, 0) is 36.4 Å². The Hall–Kier alpha value is -3.50. The first kappa shape index (κ1) is 24.1. The van der Waals surface area contributed by atoms with E-state index in [2.05, 4.69) is 15.6 Å².